The van der Waals surface area contributed by atoms with E-state index in [-0.39, 0.29) is 18.9 Å². The van der Waals surface area contributed by atoms with E-state index < -0.39 is 5.97 Å². The van der Waals surface area contributed by atoms with Gasteiger partial charge in [0.15, 0.2) is 0 Å². The van der Waals surface area contributed by atoms with E-state index >= 15 is 0 Å². The van der Waals surface area contributed by atoms with Crippen LogP contribution in [0.15, 0.2) is 15.9 Å². The minimum absolute atomic E-state index is 0.0244. The zero-order valence-corrected chi connectivity index (χ0v) is 9.14. The lowest BCUT2D eigenvalue weighted by Gasteiger charge is -2.07. The molecule has 0 aliphatic heterocycles. The number of aliphatic carboxylic acids is 1. The summed E-state index contributed by atoms with van der Waals surface area (Å²) in [6, 6.07) is 1.84. The number of hydrogen-bond donors (Lipinski definition) is 2. The number of carboxylic acids is 1. The third kappa shape index (κ3) is 3.10. The highest BCUT2D eigenvalue weighted by molar-refractivity contribution is 9.10. The van der Waals surface area contributed by atoms with Gasteiger partial charge in [-0.3, -0.25) is 4.79 Å². The Morgan fingerprint density at radius 1 is 1.69 bits per heavy atom. The number of thiophene rings is 1. The van der Waals surface area contributed by atoms with Crippen molar-refractivity contribution < 1.29 is 15.0 Å². The second-order valence-corrected chi connectivity index (χ2v) is 4.50. The fraction of sp³-hybridized carbons (Fsp3) is 0.375. The molecule has 0 aliphatic rings. The lowest BCUT2D eigenvalue weighted by atomic mass is 10.1. The molecule has 0 bridgehead atoms. The maximum absolute atomic E-state index is 10.4. The highest BCUT2D eigenvalue weighted by Gasteiger charge is 2.16. The smallest absolute Gasteiger partial charge is 0.304 e. The second-order valence-electron chi connectivity index (χ2n) is 2.64. The summed E-state index contributed by atoms with van der Waals surface area (Å²) in [5, 5.41) is 19.4. The number of aliphatic hydroxyl groups excluding tert-OH is 1. The Morgan fingerprint density at radius 3 is 2.77 bits per heavy atom. The van der Waals surface area contributed by atoms with Crippen molar-refractivity contribution in [2.75, 3.05) is 6.61 Å². The molecule has 1 unspecified atom stereocenters. The third-order valence-electron chi connectivity index (χ3n) is 1.63. The predicted octanol–water partition coefficient (Wildman–Crippen LogP) is 2.06. The van der Waals surface area contributed by atoms with Crippen molar-refractivity contribution in [2.24, 2.45) is 0 Å². The zero-order chi connectivity index (χ0) is 9.84. The zero-order valence-electron chi connectivity index (χ0n) is 6.74. The van der Waals surface area contributed by atoms with Crippen LogP contribution in [-0.4, -0.2) is 22.8 Å². The van der Waals surface area contributed by atoms with Gasteiger partial charge < -0.3 is 10.2 Å². The van der Waals surface area contributed by atoms with E-state index in [2.05, 4.69) is 15.9 Å². The molecule has 3 nitrogen and oxygen atoms in total. The molecule has 1 aromatic heterocycles. The van der Waals surface area contributed by atoms with Gasteiger partial charge >= 0.3 is 5.97 Å². The normalized spacial score (nSPS) is 12.8. The standard InChI is InChI=1S/C8H9BrO3S/c9-6-2-7(13-4-6)5(3-10)1-8(11)12/h2,4-5,10H,1,3H2,(H,11,12). The summed E-state index contributed by atoms with van der Waals surface area (Å²) in [4.78, 5) is 11.3. The molecule has 72 valence electrons. The van der Waals surface area contributed by atoms with Gasteiger partial charge in [-0.2, -0.15) is 0 Å². The quantitative estimate of drug-likeness (QED) is 0.876. The largest absolute Gasteiger partial charge is 0.481 e. The van der Waals surface area contributed by atoms with Crippen LogP contribution >= 0.6 is 27.3 Å². The van der Waals surface area contributed by atoms with Crippen molar-refractivity contribution in [3.8, 4) is 0 Å². The lowest BCUT2D eigenvalue weighted by molar-refractivity contribution is -0.137. The molecule has 0 aliphatic carbocycles. The number of hydrogen-bond acceptors (Lipinski definition) is 3. The Bertz CT molecular complexity index is 297. The van der Waals surface area contributed by atoms with Crippen molar-refractivity contribution in [1.29, 1.82) is 0 Å². The van der Waals surface area contributed by atoms with Crippen LogP contribution in [0.1, 0.15) is 17.2 Å². The molecule has 0 saturated heterocycles. The minimum atomic E-state index is -0.886. The van der Waals surface area contributed by atoms with Crippen molar-refractivity contribution in [1.82, 2.24) is 0 Å². The SMILES string of the molecule is O=C(O)CC(CO)c1cc(Br)cs1. The molecule has 1 aromatic rings. The molecular weight excluding hydrogens is 256 g/mol. The van der Waals surface area contributed by atoms with Gasteiger partial charge in [0.25, 0.3) is 0 Å². The van der Waals surface area contributed by atoms with Crippen LogP contribution in [0, 0.1) is 0 Å². The highest BCUT2D eigenvalue weighted by Crippen LogP contribution is 2.28. The summed E-state index contributed by atoms with van der Waals surface area (Å²) >= 11 is 4.73. The van der Waals surface area contributed by atoms with Gasteiger partial charge in [-0.25, -0.2) is 0 Å². The van der Waals surface area contributed by atoms with Gasteiger partial charge in [-0.1, -0.05) is 0 Å². The molecule has 0 radical (unpaired) electrons. The Labute approximate surface area is 88.1 Å². The topological polar surface area (TPSA) is 57.5 Å². The monoisotopic (exact) mass is 264 g/mol. The van der Waals surface area contributed by atoms with Crippen LogP contribution in [-0.2, 0) is 4.79 Å². The number of halogens is 1. The minimum Gasteiger partial charge on any atom is -0.481 e. The molecule has 0 amide bonds. The molecule has 1 heterocycles. The first-order chi connectivity index (χ1) is 6.13. The van der Waals surface area contributed by atoms with Crippen LogP contribution in [0.5, 0.6) is 0 Å². The molecule has 0 fully saturated rings. The predicted molar refractivity (Wildman–Crippen MR) is 54.1 cm³/mol. The molecule has 0 spiro atoms. The maximum Gasteiger partial charge on any atom is 0.304 e. The molecule has 1 atom stereocenters. The van der Waals surface area contributed by atoms with Crippen molar-refractivity contribution in [2.45, 2.75) is 12.3 Å². The van der Waals surface area contributed by atoms with Gasteiger partial charge in [0, 0.05) is 20.6 Å². The number of carboxylic acid groups (broad SMARTS) is 1. The fourth-order valence-electron chi connectivity index (χ4n) is 1.01. The molecular formula is C8H9BrO3S. The van der Waals surface area contributed by atoms with Gasteiger partial charge in [0.1, 0.15) is 0 Å². The molecule has 13 heavy (non-hydrogen) atoms. The molecule has 5 heteroatoms. The summed E-state index contributed by atoms with van der Waals surface area (Å²) in [5.41, 5.74) is 0. The molecule has 1 rings (SSSR count). The Kier molecular flexibility index (Phi) is 3.90. The Balaban J connectivity index is 2.72. The van der Waals surface area contributed by atoms with E-state index in [9.17, 15) is 4.79 Å². The van der Waals surface area contributed by atoms with Crippen LogP contribution in [0.2, 0.25) is 0 Å². The Morgan fingerprint density at radius 2 is 2.38 bits per heavy atom. The molecule has 2 N–H and O–H groups in total. The summed E-state index contributed by atoms with van der Waals surface area (Å²) in [5.74, 6) is -1.17. The van der Waals surface area contributed by atoms with E-state index in [1.807, 2.05) is 11.4 Å². The van der Waals surface area contributed by atoms with Gasteiger partial charge in [-0.15, -0.1) is 11.3 Å². The first kappa shape index (κ1) is 10.7. The molecule has 0 saturated carbocycles. The van der Waals surface area contributed by atoms with Crippen LogP contribution in [0.4, 0.5) is 0 Å². The molecule has 0 aromatic carbocycles. The van der Waals surface area contributed by atoms with Crippen molar-refractivity contribution >= 4 is 33.2 Å². The van der Waals surface area contributed by atoms with Gasteiger partial charge in [-0.05, 0) is 22.0 Å². The van der Waals surface area contributed by atoms with Crippen LogP contribution in [0.3, 0.4) is 0 Å². The average Bonchev–Trinajstić information content (AvgIpc) is 2.47. The third-order valence-corrected chi connectivity index (χ3v) is 3.49. The van der Waals surface area contributed by atoms with Crippen molar-refractivity contribution in [3.63, 3.8) is 0 Å². The van der Waals surface area contributed by atoms with E-state index in [1.54, 1.807) is 0 Å². The van der Waals surface area contributed by atoms with E-state index in [0.29, 0.717) is 0 Å². The maximum atomic E-state index is 10.4. The first-order valence-corrected chi connectivity index (χ1v) is 5.37. The van der Waals surface area contributed by atoms with E-state index in [1.165, 1.54) is 11.3 Å². The van der Waals surface area contributed by atoms with Crippen molar-refractivity contribution in [3.05, 3.63) is 20.8 Å². The summed E-state index contributed by atoms with van der Waals surface area (Å²) < 4.78 is 0.927. The van der Waals surface area contributed by atoms with Crippen LogP contribution in [0.25, 0.3) is 0 Å². The number of aliphatic hydroxyl groups is 1. The van der Waals surface area contributed by atoms with E-state index in [4.69, 9.17) is 10.2 Å². The fourth-order valence-corrected chi connectivity index (χ4v) is 2.55. The van der Waals surface area contributed by atoms with Gasteiger partial charge in [0.2, 0.25) is 0 Å². The number of carbonyl (C=O) groups is 1. The average molecular weight is 265 g/mol. The van der Waals surface area contributed by atoms with Crippen LogP contribution < -0.4 is 0 Å². The Hall–Kier alpha value is -0.390. The van der Waals surface area contributed by atoms with Gasteiger partial charge in [0.05, 0.1) is 13.0 Å². The second kappa shape index (κ2) is 4.74. The summed E-state index contributed by atoms with van der Waals surface area (Å²) in [6.45, 7) is -0.126. The highest BCUT2D eigenvalue weighted by atomic mass is 79.9. The summed E-state index contributed by atoms with van der Waals surface area (Å²) in [6.07, 6.45) is -0.0244. The number of rotatable bonds is 4. The van der Waals surface area contributed by atoms with E-state index in [0.717, 1.165) is 9.35 Å². The first-order valence-electron chi connectivity index (χ1n) is 3.70. The summed E-state index contributed by atoms with van der Waals surface area (Å²) in [7, 11) is 0. The lowest BCUT2D eigenvalue weighted by Crippen LogP contribution is -2.08.